The minimum Gasteiger partial charge on any atom is -0.394 e. The molecule has 0 aliphatic carbocycles. The van der Waals surface area contributed by atoms with Gasteiger partial charge >= 0.3 is 6.03 Å². The predicted molar refractivity (Wildman–Crippen MR) is 110 cm³/mol. The Morgan fingerprint density at radius 3 is 2.47 bits per heavy atom. The Morgan fingerprint density at radius 2 is 1.87 bits per heavy atom. The van der Waals surface area contributed by atoms with Crippen molar-refractivity contribution >= 4 is 11.7 Å². The number of nitrogens with zero attached hydrogens (tertiary/aromatic N) is 3. The first-order valence-corrected chi connectivity index (χ1v) is 9.48. The van der Waals surface area contributed by atoms with Gasteiger partial charge in [0, 0.05) is 24.0 Å². The van der Waals surface area contributed by atoms with E-state index in [0.29, 0.717) is 5.69 Å². The van der Waals surface area contributed by atoms with Crippen LogP contribution in [0, 0.1) is 17.1 Å². The zero-order valence-corrected chi connectivity index (χ0v) is 15.9. The SMILES string of the molecule is N#C[C@H]1[C@H](c2ccc(-c3cccnc3)cc2)[C@H](CO)N1C(=O)Nc1ccc(F)cc1. The third-order valence-electron chi connectivity index (χ3n) is 5.35. The molecule has 4 rings (SSSR count). The molecule has 3 atom stereocenters. The monoisotopic (exact) mass is 402 g/mol. The Hall–Kier alpha value is -3.76. The molecule has 1 aromatic heterocycles. The van der Waals surface area contributed by atoms with Gasteiger partial charge in [-0.1, -0.05) is 30.3 Å². The van der Waals surface area contributed by atoms with Crippen molar-refractivity contribution in [3.05, 3.63) is 84.4 Å². The van der Waals surface area contributed by atoms with Gasteiger partial charge in [0.2, 0.25) is 0 Å². The van der Waals surface area contributed by atoms with E-state index in [4.69, 9.17) is 0 Å². The lowest BCUT2D eigenvalue weighted by molar-refractivity contribution is 0.0224. The summed E-state index contributed by atoms with van der Waals surface area (Å²) in [5.74, 6) is -0.711. The van der Waals surface area contributed by atoms with Crippen molar-refractivity contribution in [1.82, 2.24) is 9.88 Å². The second kappa shape index (κ2) is 8.31. The maximum absolute atomic E-state index is 13.1. The molecule has 0 radical (unpaired) electrons. The van der Waals surface area contributed by atoms with Crippen molar-refractivity contribution in [3.8, 4) is 17.2 Å². The number of amides is 2. The molecule has 6 nitrogen and oxygen atoms in total. The number of aromatic nitrogens is 1. The van der Waals surface area contributed by atoms with E-state index in [1.54, 1.807) is 12.4 Å². The van der Waals surface area contributed by atoms with Crippen molar-refractivity contribution in [2.75, 3.05) is 11.9 Å². The molecule has 1 fully saturated rings. The number of nitrogens with one attached hydrogen (secondary N) is 1. The van der Waals surface area contributed by atoms with E-state index in [9.17, 15) is 19.6 Å². The van der Waals surface area contributed by atoms with Crippen LogP contribution in [-0.2, 0) is 0 Å². The summed E-state index contributed by atoms with van der Waals surface area (Å²) in [7, 11) is 0. The number of aliphatic hydroxyl groups is 1. The van der Waals surface area contributed by atoms with Gasteiger partial charge in [-0.25, -0.2) is 9.18 Å². The molecule has 30 heavy (non-hydrogen) atoms. The quantitative estimate of drug-likeness (QED) is 0.695. The van der Waals surface area contributed by atoms with Crippen LogP contribution in [0.15, 0.2) is 73.1 Å². The van der Waals surface area contributed by atoms with Crippen molar-refractivity contribution in [2.45, 2.75) is 18.0 Å². The molecule has 3 aromatic rings. The number of halogens is 1. The summed E-state index contributed by atoms with van der Waals surface area (Å²) in [6.07, 6.45) is 3.48. The second-order valence-electron chi connectivity index (χ2n) is 7.06. The molecule has 0 spiro atoms. The number of hydrogen-bond acceptors (Lipinski definition) is 4. The Kier molecular flexibility index (Phi) is 5.42. The first-order valence-electron chi connectivity index (χ1n) is 9.48. The summed E-state index contributed by atoms with van der Waals surface area (Å²) in [6, 6.07) is 17.3. The van der Waals surface area contributed by atoms with Crippen LogP contribution in [-0.4, -0.2) is 39.7 Å². The lowest BCUT2D eigenvalue weighted by Gasteiger charge is -2.51. The average molecular weight is 402 g/mol. The maximum atomic E-state index is 13.1. The van der Waals surface area contributed by atoms with Crippen LogP contribution in [0.2, 0.25) is 0 Å². The number of anilines is 1. The third-order valence-corrected chi connectivity index (χ3v) is 5.35. The van der Waals surface area contributed by atoms with E-state index >= 15 is 0 Å². The minimum atomic E-state index is -0.716. The summed E-state index contributed by atoms with van der Waals surface area (Å²) in [5.41, 5.74) is 3.26. The highest BCUT2D eigenvalue weighted by Gasteiger charge is 2.51. The molecule has 2 aromatic carbocycles. The van der Waals surface area contributed by atoms with Gasteiger partial charge in [-0.15, -0.1) is 0 Å². The van der Waals surface area contributed by atoms with Crippen LogP contribution >= 0.6 is 0 Å². The van der Waals surface area contributed by atoms with Gasteiger partial charge in [0.05, 0.1) is 18.7 Å². The zero-order chi connectivity index (χ0) is 21.1. The zero-order valence-electron chi connectivity index (χ0n) is 15.9. The smallest absolute Gasteiger partial charge is 0.323 e. The summed E-state index contributed by atoms with van der Waals surface area (Å²) in [5, 5.41) is 22.2. The fourth-order valence-corrected chi connectivity index (χ4v) is 3.84. The first kappa shape index (κ1) is 19.6. The predicted octanol–water partition coefficient (Wildman–Crippen LogP) is 3.77. The Labute approximate surface area is 173 Å². The van der Waals surface area contributed by atoms with E-state index in [1.807, 2.05) is 36.4 Å². The Morgan fingerprint density at radius 1 is 1.13 bits per heavy atom. The number of carbonyl (C=O) groups is 1. The highest BCUT2D eigenvalue weighted by molar-refractivity contribution is 5.91. The number of rotatable bonds is 4. The van der Waals surface area contributed by atoms with Gasteiger partial charge < -0.3 is 15.3 Å². The second-order valence-corrected chi connectivity index (χ2v) is 7.06. The minimum absolute atomic E-state index is 0.274. The lowest BCUT2D eigenvalue weighted by Crippen LogP contribution is -2.66. The molecule has 1 aliphatic rings. The highest BCUT2D eigenvalue weighted by atomic mass is 19.1. The van der Waals surface area contributed by atoms with Gasteiger partial charge in [0.25, 0.3) is 0 Å². The van der Waals surface area contributed by atoms with Crippen LogP contribution in [0.25, 0.3) is 11.1 Å². The number of aliphatic hydroxyl groups excluding tert-OH is 1. The number of hydrogen-bond donors (Lipinski definition) is 2. The van der Waals surface area contributed by atoms with Crippen LogP contribution < -0.4 is 5.32 Å². The van der Waals surface area contributed by atoms with Crippen LogP contribution in [0.1, 0.15) is 11.5 Å². The van der Waals surface area contributed by atoms with E-state index < -0.39 is 23.9 Å². The first-order chi connectivity index (χ1) is 14.6. The molecule has 1 aliphatic heterocycles. The van der Waals surface area contributed by atoms with Crippen molar-refractivity contribution in [1.29, 1.82) is 5.26 Å². The Bertz CT molecular complexity index is 1070. The highest BCUT2D eigenvalue weighted by Crippen LogP contribution is 2.41. The number of benzene rings is 2. The lowest BCUT2D eigenvalue weighted by atomic mass is 9.76. The summed E-state index contributed by atoms with van der Waals surface area (Å²) in [6.45, 7) is -0.274. The van der Waals surface area contributed by atoms with Gasteiger partial charge in [0.1, 0.15) is 11.9 Å². The molecule has 2 amide bonds. The number of likely N-dealkylation sites (tertiary alicyclic amines) is 1. The van der Waals surface area contributed by atoms with E-state index in [-0.39, 0.29) is 12.5 Å². The van der Waals surface area contributed by atoms with Gasteiger partial charge in [-0.3, -0.25) is 4.98 Å². The Balaban J connectivity index is 1.52. The number of nitriles is 1. The molecular weight excluding hydrogens is 383 g/mol. The molecule has 0 saturated carbocycles. The van der Waals surface area contributed by atoms with Crippen LogP contribution in [0.3, 0.4) is 0 Å². The molecule has 2 heterocycles. The van der Waals surface area contributed by atoms with Crippen molar-refractivity contribution < 1.29 is 14.3 Å². The van der Waals surface area contributed by atoms with Gasteiger partial charge in [-0.2, -0.15) is 5.26 Å². The fourth-order valence-electron chi connectivity index (χ4n) is 3.84. The standard InChI is InChI=1S/C23H19FN4O2/c24-18-7-9-19(10-8-18)27-23(30)28-20(12-25)22(21(28)14-29)16-5-3-15(4-6-16)17-2-1-11-26-13-17/h1-11,13,20-22,29H,14H2,(H,27,30)/t20-,21-,22-/m0/s1. The van der Waals surface area contributed by atoms with Crippen molar-refractivity contribution in [3.63, 3.8) is 0 Å². The van der Waals surface area contributed by atoms with Crippen LogP contribution in [0.4, 0.5) is 14.9 Å². The molecule has 0 unspecified atom stereocenters. The summed E-state index contributed by atoms with van der Waals surface area (Å²) >= 11 is 0. The van der Waals surface area contributed by atoms with Crippen molar-refractivity contribution in [2.24, 2.45) is 0 Å². The third kappa shape index (κ3) is 3.61. The van der Waals surface area contributed by atoms with Crippen LogP contribution in [0.5, 0.6) is 0 Å². The number of carbonyl (C=O) groups excluding carboxylic acids is 1. The molecule has 2 N–H and O–H groups in total. The van der Waals surface area contributed by atoms with Gasteiger partial charge in [-0.05, 0) is 47.0 Å². The average Bonchev–Trinajstić information content (AvgIpc) is 2.76. The largest absolute Gasteiger partial charge is 0.394 e. The van der Waals surface area contributed by atoms with E-state index in [1.165, 1.54) is 29.2 Å². The molecular formula is C23H19FN4O2. The molecule has 7 heteroatoms. The van der Waals surface area contributed by atoms with Gasteiger partial charge in [0.15, 0.2) is 0 Å². The normalized spacial score (nSPS) is 20.2. The fraction of sp³-hybridized carbons (Fsp3) is 0.174. The number of urea groups is 1. The molecule has 0 bridgehead atoms. The molecule has 1 saturated heterocycles. The number of pyridine rings is 1. The van der Waals surface area contributed by atoms with E-state index in [2.05, 4.69) is 16.4 Å². The summed E-state index contributed by atoms with van der Waals surface area (Å²) in [4.78, 5) is 18.1. The topological polar surface area (TPSA) is 89.2 Å². The molecule has 150 valence electrons. The maximum Gasteiger partial charge on any atom is 0.323 e. The van der Waals surface area contributed by atoms with E-state index in [0.717, 1.165) is 16.7 Å². The summed E-state index contributed by atoms with van der Waals surface area (Å²) < 4.78 is 13.1.